The highest BCUT2D eigenvalue weighted by atomic mass is 16.6. The quantitative estimate of drug-likeness (QED) is 0.645. The molecule has 1 aromatic carbocycles. The van der Waals surface area contributed by atoms with Crippen LogP contribution in [0.1, 0.15) is 17.2 Å². The molecule has 6 nitrogen and oxygen atoms in total. The molecule has 0 fully saturated rings. The second-order valence-corrected chi connectivity index (χ2v) is 4.44. The largest absolute Gasteiger partial charge is 0.387 e. The third-order valence-corrected chi connectivity index (χ3v) is 2.98. The van der Waals surface area contributed by atoms with Gasteiger partial charge in [0.05, 0.1) is 11.0 Å². The molecule has 1 atom stereocenters. The first-order valence-corrected chi connectivity index (χ1v) is 6.15. The normalized spacial score (nSPS) is 11.9. The number of aromatic nitrogens is 1. The van der Waals surface area contributed by atoms with E-state index in [0.717, 1.165) is 11.3 Å². The maximum atomic E-state index is 10.7. The zero-order valence-corrected chi connectivity index (χ0v) is 11.0. The Morgan fingerprint density at radius 1 is 1.35 bits per heavy atom. The minimum absolute atomic E-state index is 0.0882. The predicted molar refractivity (Wildman–Crippen MR) is 75.5 cm³/mol. The minimum atomic E-state index is -0.659. The van der Waals surface area contributed by atoms with Gasteiger partial charge in [0.25, 0.3) is 5.69 Å². The second kappa shape index (κ2) is 6.12. The molecule has 20 heavy (non-hydrogen) atoms. The summed E-state index contributed by atoms with van der Waals surface area (Å²) in [5, 5.41) is 23.8. The molecular formula is C14H15N3O3. The Labute approximate surface area is 116 Å². The van der Waals surface area contributed by atoms with Gasteiger partial charge in [0, 0.05) is 36.3 Å². The number of nitrogens with one attached hydrogen (secondary N) is 1. The summed E-state index contributed by atoms with van der Waals surface area (Å²) in [7, 11) is 0. The van der Waals surface area contributed by atoms with Crippen molar-refractivity contribution in [2.45, 2.75) is 13.0 Å². The van der Waals surface area contributed by atoms with Crippen molar-refractivity contribution in [3.63, 3.8) is 0 Å². The number of pyridine rings is 1. The number of rotatable bonds is 5. The van der Waals surface area contributed by atoms with Gasteiger partial charge in [-0.1, -0.05) is 0 Å². The molecule has 0 saturated heterocycles. The molecule has 0 bridgehead atoms. The van der Waals surface area contributed by atoms with Gasteiger partial charge in [-0.25, -0.2) is 0 Å². The molecule has 2 aromatic rings. The molecule has 0 aliphatic carbocycles. The van der Waals surface area contributed by atoms with Crippen LogP contribution in [0.4, 0.5) is 11.4 Å². The Kier molecular flexibility index (Phi) is 4.27. The van der Waals surface area contributed by atoms with Crippen LogP contribution in [0.5, 0.6) is 0 Å². The lowest BCUT2D eigenvalue weighted by atomic mass is 10.1. The van der Waals surface area contributed by atoms with Crippen LogP contribution in [-0.4, -0.2) is 21.6 Å². The summed E-state index contributed by atoms with van der Waals surface area (Å²) in [4.78, 5) is 14.2. The second-order valence-electron chi connectivity index (χ2n) is 4.44. The van der Waals surface area contributed by atoms with E-state index in [2.05, 4.69) is 10.3 Å². The fourth-order valence-corrected chi connectivity index (χ4v) is 1.89. The topological polar surface area (TPSA) is 88.3 Å². The summed E-state index contributed by atoms with van der Waals surface area (Å²) in [5.41, 5.74) is 2.18. The number of aliphatic hydroxyl groups excluding tert-OH is 1. The van der Waals surface area contributed by atoms with Gasteiger partial charge in [-0.2, -0.15) is 0 Å². The van der Waals surface area contributed by atoms with Crippen LogP contribution in [0.25, 0.3) is 0 Å². The predicted octanol–water partition coefficient (Wildman–Crippen LogP) is 2.44. The molecular weight excluding hydrogens is 258 g/mol. The molecule has 6 heteroatoms. The van der Waals surface area contributed by atoms with E-state index in [1.54, 1.807) is 43.6 Å². The van der Waals surface area contributed by atoms with Crippen LogP contribution >= 0.6 is 0 Å². The highest BCUT2D eigenvalue weighted by molar-refractivity contribution is 5.53. The van der Waals surface area contributed by atoms with Gasteiger partial charge in [0.15, 0.2) is 0 Å². The molecule has 2 rings (SSSR count). The van der Waals surface area contributed by atoms with Gasteiger partial charge in [-0.3, -0.25) is 15.1 Å². The highest BCUT2D eigenvalue weighted by Crippen LogP contribution is 2.22. The molecule has 0 radical (unpaired) electrons. The lowest BCUT2D eigenvalue weighted by molar-refractivity contribution is -0.385. The lowest BCUT2D eigenvalue weighted by Gasteiger charge is -2.13. The van der Waals surface area contributed by atoms with Gasteiger partial charge in [-0.05, 0) is 36.8 Å². The standard InChI is InChI=1S/C14H15N3O3/c1-10-8-12(2-3-13(10)17(19)20)16-9-14(18)11-4-6-15-7-5-11/h2-8,14,16,18H,9H2,1H3/t14-/m1/s1. The highest BCUT2D eigenvalue weighted by Gasteiger charge is 2.11. The van der Waals surface area contributed by atoms with Crippen LogP contribution in [0.2, 0.25) is 0 Å². The molecule has 0 amide bonds. The van der Waals surface area contributed by atoms with Crippen molar-refractivity contribution in [3.8, 4) is 0 Å². The average molecular weight is 273 g/mol. The van der Waals surface area contributed by atoms with Gasteiger partial charge in [0.2, 0.25) is 0 Å². The SMILES string of the molecule is Cc1cc(NC[C@@H](O)c2ccncc2)ccc1[N+](=O)[O-]. The van der Waals surface area contributed by atoms with Gasteiger partial charge in [0.1, 0.15) is 0 Å². The molecule has 0 spiro atoms. The molecule has 0 aliphatic rings. The molecule has 1 heterocycles. The molecule has 0 unspecified atom stereocenters. The summed E-state index contributed by atoms with van der Waals surface area (Å²) in [6.45, 7) is 2.00. The van der Waals surface area contributed by atoms with Crippen LogP contribution in [0.15, 0.2) is 42.7 Å². The first-order chi connectivity index (χ1) is 9.58. The van der Waals surface area contributed by atoms with E-state index in [9.17, 15) is 15.2 Å². The van der Waals surface area contributed by atoms with Crippen LogP contribution in [-0.2, 0) is 0 Å². The first-order valence-electron chi connectivity index (χ1n) is 6.15. The zero-order chi connectivity index (χ0) is 14.5. The summed E-state index contributed by atoms with van der Waals surface area (Å²) in [6.07, 6.45) is 2.58. The Morgan fingerprint density at radius 3 is 2.65 bits per heavy atom. The number of aryl methyl sites for hydroxylation is 1. The minimum Gasteiger partial charge on any atom is -0.387 e. The van der Waals surface area contributed by atoms with E-state index >= 15 is 0 Å². The van der Waals surface area contributed by atoms with Crippen molar-refractivity contribution in [2.24, 2.45) is 0 Å². The Balaban J connectivity index is 2.01. The van der Waals surface area contributed by atoms with E-state index in [4.69, 9.17) is 0 Å². The van der Waals surface area contributed by atoms with Crippen molar-refractivity contribution in [3.05, 3.63) is 64.0 Å². The number of nitro benzene ring substituents is 1. The third-order valence-electron chi connectivity index (χ3n) is 2.98. The smallest absolute Gasteiger partial charge is 0.272 e. The van der Waals surface area contributed by atoms with Gasteiger partial charge >= 0.3 is 0 Å². The number of nitrogens with zero attached hydrogens (tertiary/aromatic N) is 2. The zero-order valence-electron chi connectivity index (χ0n) is 11.0. The van der Waals surface area contributed by atoms with Crippen molar-refractivity contribution in [1.29, 1.82) is 0 Å². The van der Waals surface area contributed by atoms with E-state index in [-0.39, 0.29) is 5.69 Å². The summed E-state index contributed by atoms with van der Waals surface area (Å²) >= 11 is 0. The third kappa shape index (κ3) is 3.30. The maximum absolute atomic E-state index is 10.7. The van der Waals surface area contributed by atoms with Crippen molar-refractivity contribution < 1.29 is 10.0 Å². The van der Waals surface area contributed by atoms with E-state index in [1.165, 1.54) is 6.07 Å². The fourth-order valence-electron chi connectivity index (χ4n) is 1.89. The summed E-state index contributed by atoms with van der Waals surface area (Å²) in [6, 6.07) is 8.26. The van der Waals surface area contributed by atoms with Crippen molar-refractivity contribution >= 4 is 11.4 Å². The first kappa shape index (κ1) is 14.0. The van der Waals surface area contributed by atoms with Crippen molar-refractivity contribution in [2.75, 3.05) is 11.9 Å². The molecule has 0 aliphatic heterocycles. The molecule has 1 aromatic heterocycles. The number of hydrogen-bond acceptors (Lipinski definition) is 5. The molecule has 0 saturated carbocycles. The number of hydrogen-bond donors (Lipinski definition) is 2. The fraction of sp³-hybridized carbons (Fsp3) is 0.214. The Bertz CT molecular complexity index is 602. The lowest BCUT2D eigenvalue weighted by Crippen LogP contribution is -2.12. The van der Waals surface area contributed by atoms with Crippen molar-refractivity contribution in [1.82, 2.24) is 4.98 Å². The summed E-state index contributed by atoms with van der Waals surface area (Å²) in [5.74, 6) is 0. The average Bonchev–Trinajstić information content (AvgIpc) is 2.45. The van der Waals surface area contributed by atoms with Crippen LogP contribution < -0.4 is 5.32 Å². The molecule has 2 N–H and O–H groups in total. The number of aliphatic hydroxyl groups is 1. The monoisotopic (exact) mass is 273 g/mol. The Hall–Kier alpha value is -2.47. The number of anilines is 1. The maximum Gasteiger partial charge on any atom is 0.272 e. The van der Waals surface area contributed by atoms with E-state index in [1.807, 2.05) is 0 Å². The van der Waals surface area contributed by atoms with Crippen LogP contribution in [0.3, 0.4) is 0 Å². The van der Waals surface area contributed by atoms with Crippen LogP contribution in [0, 0.1) is 17.0 Å². The van der Waals surface area contributed by atoms with Gasteiger partial charge < -0.3 is 10.4 Å². The Morgan fingerprint density at radius 2 is 2.05 bits per heavy atom. The summed E-state index contributed by atoms with van der Waals surface area (Å²) < 4.78 is 0. The van der Waals surface area contributed by atoms with E-state index in [0.29, 0.717) is 12.1 Å². The van der Waals surface area contributed by atoms with E-state index < -0.39 is 11.0 Å². The number of benzene rings is 1. The molecule has 104 valence electrons. The number of nitro groups is 1. The van der Waals surface area contributed by atoms with Gasteiger partial charge in [-0.15, -0.1) is 0 Å².